The van der Waals surface area contributed by atoms with Gasteiger partial charge >= 0.3 is 0 Å². The molecule has 0 radical (unpaired) electrons. The van der Waals surface area contributed by atoms with Crippen molar-refractivity contribution in [3.8, 4) is 0 Å². The summed E-state index contributed by atoms with van der Waals surface area (Å²) in [5.41, 5.74) is 0.938. The second-order valence-corrected chi connectivity index (χ2v) is 4.93. The molecule has 4 nitrogen and oxygen atoms in total. The zero-order valence-corrected chi connectivity index (χ0v) is 11.6. The highest BCUT2D eigenvalue weighted by atomic mass is 32.2. The maximum Gasteiger partial charge on any atom is 0.140 e. The Kier molecular flexibility index (Phi) is 6.96. The molecule has 1 aromatic rings. The van der Waals surface area contributed by atoms with Gasteiger partial charge in [-0.1, -0.05) is 13.8 Å². The van der Waals surface area contributed by atoms with Crippen LogP contribution in [-0.4, -0.2) is 29.4 Å². The number of methoxy groups -OCH3 is 1. The van der Waals surface area contributed by atoms with Crippen molar-refractivity contribution in [2.24, 2.45) is 0 Å². The molecule has 0 atom stereocenters. The Morgan fingerprint density at radius 3 is 2.82 bits per heavy atom. The van der Waals surface area contributed by atoms with Crippen LogP contribution in [0.3, 0.4) is 0 Å². The Labute approximate surface area is 108 Å². The van der Waals surface area contributed by atoms with E-state index in [0.29, 0.717) is 6.61 Å². The molecule has 0 aliphatic carbocycles. The molecule has 96 valence electrons. The third-order valence-corrected chi connectivity index (χ3v) is 2.98. The Hall–Kier alpha value is -0.810. The molecule has 0 fully saturated rings. The second-order valence-electron chi connectivity index (χ2n) is 3.66. The average Bonchev–Trinajstić information content (AvgIpc) is 2.34. The smallest absolute Gasteiger partial charge is 0.140 e. The fraction of sp³-hybridized carbons (Fsp3) is 0.667. The second kappa shape index (κ2) is 8.31. The zero-order valence-electron chi connectivity index (χ0n) is 10.8. The maximum absolute atomic E-state index is 5.12. The normalized spacial score (nSPS) is 10.5. The summed E-state index contributed by atoms with van der Waals surface area (Å²) in [6.07, 6.45) is 1.09. The summed E-state index contributed by atoms with van der Waals surface area (Å²) in [5.74, 6) is 3.72. The number of nitrogens with one attached hydrogen (secondary N) is 1. The van der Waals surface area contributed by atoms with E-state index in [1.165, 1.54) is 0 Å². The molecule has 1 N–H and O–H groups in total. The van der Waals surface area contributed by atoms with Gasteiger partial charge in [0.2, 0.25) is 0 Å². The van der Waals surface area contributed by atoms with Crippen molar-refractivity contribution < 1.29 is 4.74 Å². The predicted molar refractivity (Wildman–Crippen MR) is 73.4 cm³/mol. The monoisotopic (exact) mass is 255 g/mol. The van der Waals surface area contributed by atoms with Gasteiger partial charge in [0.15, 0.2) is 0 Å². The van der Waals surface area contributed by atoms with Crippen LogP contribution in [0.2, 0.25) is 0 Å². The summed E-state index contributed by atoms with van der Waals surface area (Å²) in [6, 6.07) is 1.96. The van der Waals surface area contributed by atoms with Crippen LogP contribution < -0.4 is 5.32 Å². The maximum atomic E-state index is 5.12. The number of ether oxygens (including phenoxy) is 1. The van der Waals surface area contributed by atoms with Crippen LogP contribution in [0.15, 0.2) is 6.07 Å². The van der Waals surface area contributed by atoms with Gasteiger partial charge in [0, 0.05) is 19.7 Å². The van der Waals surface area contributed by atoms with E-state index in [2.05, 4.69) is 29.1 Å². The van der Waals surface area contributed by atoms with Crippen LogP contribution >= 0.6 is 11.8 Å². The fourth-order valence-corrected chi connectivity index (χ4v) is 1.89. The topological polar surface area (TPSA) is 47.0 Å². The lowest BCUT2D eigenvalue weighted by Gasteiger charge is -2.08. The highest BCUT2D eigenvalue weighted by Gasteiger charge is 2.04. The number of hydrogen-bond donors (Lipinski definition) is 1. The van der Waals surface area contributed by atoms with E-state index in [-0.39, 0.29) is 0 Å². The van der Waals surface area contributed by atoms with Crippen molar-refractivity contribution in [3.63, 3.8) is 0 Å². The van der Waals surface area contributed by atoms with Crippen molar-refractivity contribution in [3.05, 3.63) is 17.6 Å². The van der Waals surface area contributed by atoms with Gasteiger partial charge in [-0.25, -0.2) is 9.97 Å². The molecule has 0 spiro atoms. The van der Waals surface area contributed by atoms with E-state index in [1.54, 1.807) is 7.11 Å². The van der Waals surface area contributed by atoms with E-state index in [0.717, 1.165) is 41.8 Å². The third kappa shape index (κ3) is 5.37. The van der Waals surface area contributed by atoms with Gasteiger partial charge in [-0.05, 0) is 12.2 Å². The molecule has 0 saturated carbocycles. The predicted octanol–water partition coefficient (Wildman–Crippen LogP) is 2.70. The SMILES string of the molecule is CCCNc1cc(COC)nc(CSCC)n1. The number of anilines is 1. The largest absolute Gasteiger partial charge is 0.378 e. The lowest BCUT2D eigenvalue weighted by Crippen LogP contribution is -2.07. The van der Waals surface area contributed by atoms with E-state index in [1.807, 2.05) is 17.8 Å². The number of rotatable bonds is 8. The number of aromatic nitrogens is 2. The summed E-state index contributed by atoms with van der Waals surface area (Å²) < 4.78 is 5.12. The Morgan fingerprint density at radius 1 is 1.35 bits per heavy atom. The van der Waals surface area contributed by atoms with Crippen LogP contribution in [0.5, 0.6) is 0 Å². The minimum atomic E-state index is 0.535. The van der Waals surface area contributed by atoms with Crippen LogP contribution in [0.1, 0.15) is 31.8 Å². The van der Waals surface area contributed by atoms with Crippen LogP contribution in [0, 0.1) is 0 Å². The van der Waals surface area contributed by atoms with Gasteiger partial charge in [-0.2, -0.15) is 11.8 Å². The first-order chi connectivity index (χ1) is 8.30. The van der Waals surface area contributed by atoms with E-state index >= 15 is 0 Å². The molecule has 0 aliphatic rings. The van der Waals surface area contributed by atoms with Gasteiger partial charge in [0.25, 0.3) is 0 Å². The molecule has 1 rings (SSSR count). The number of hydrogen-bond acceptors (Lipinski definition) is 5. The Bertz CT molecular complexity index is 307. The van der Waals surface area contributed by atoms with Gasteiger partial charge in [0.05, 0.1) is 18.1 Å². The van der Waals surface area contributed by atoms with Crippen molar-refractivity contribution in [2.75, 3.05) is 24.7 Å². The molecule has 0 aromatic carbocycles. The Balaban J connectivity index is 2.76. The number of nitrogens with zero attached hydrogens (tertiary/aromatic N) is 2. The molecule has 5 heteroatoms. The fourth-order valence-electron chi connectivity index (χ4n) is 1.38. The summed E-state index contributed by atoms with van der Waals surface area (Å²) >= 11 is 1.83. The minimum Gasteiger partial charge on any atom is -0.378 e. The lowest BCUT2D eigenvalue weighted by atomic mass is 10.4. The van der Waals surface area contributed by atoms with Gasteiger partial charge in [-0.3, -0.25) is 0 Å². The highest BCUT2D eigenvalue weighted by Crippen LogP contribution is 2.13. The Morgan fingerprint density at radius 2 is 2.18 bits per heavy atom. The average molecular weight is 255 g/mol. The summed E-state index contributed by atoms with van der Waals surface area (Å²) in [4.78, 5) is 8.96. The summed E-state index contributed by atoms with van der Waals surface area (Å²) in [7, 11) is 1.68. The van der Waals surface area contributed by atoms with Crippen LogP contribution in [0.4, 0.5) is 5.82 Å². The summed E-state index contributed by atoms with van der Waals surface area (Å²) in [6.45, 7) is 5.74. The van der Waals surface area contributed by atoms with Crippen molar-refractivity contribution in [2.45, 2.75) is 32.6 Å². The molecule has 17 heavy (non-hydrogen) atoms. The van der Waals surface area contributed by atoms with Crippen molar-refractivity contribution >= 4 is 17.6 Å². The first-order valence-corrected chi connectivity index (χ1v) is 7.13. The van der Waals surface area contributed by atoms with Gasteiger partial charge in [-0.15, -0.1) is 0 Å². The molecule has 0 bridgehead atoms. The lowest BCUT2D eigenvalue weighted by molar-refractivity contribution is 0.181. The zero-order chi connectivity index (χ0) is 12.5. The van der Waals surface area contributed by atoms with Crippen molar-refractivity contribution in [1.82, 2.24) is 9.97 Å². The van der Waals surface area contributed by atoms with Gasteiger partial charge < -0.3 is 10.1 Å². The molecular weight excluding hydrogens is 234 g/mol. The first-order valence-electron chi connectivity index (χ1n) is 5.97. The van der Waals surface area contributed by atoms with Gasteiger partial charge in [0.1, 0.15) is 11.6 Å². The standard InChI is InChI=1S/C12H21N3OS/c1-4-6-13-11-7-10(8-16-3)14-12(15-11)9-17-5-2/h7H,4-6,8-9H2,1-3H3,(H,13,14,15). The quantitative estimate of drug-likeness (QED) is 0.774. The highest BCUT2D eigenvalue weighted by molar-refractivity contribution is 7.98. The van der Waals surface area contributed by atoms with Crippen LogP contribution in [-0.2, 0) is 17.1 Å². The summed E-state index contributed by atoms with van der Waals surface area (Å²) in [5, 5.41) is 3.29. The molecular formula is C12H21N3OS. The molecule has 1 heterocycles. The van der Waals surface area contributed by atoms with Crippen molar-refractivity contribution in [1.29, 1.82) is 0 Å². The third-order valence-electron chi connectivity index (χ3n) is 2.11. The molecule has 1 aromatic heterocycles. The van der Waals surface area contributed by atoms with E-state index < -0.39 is 0 Å². The minimum absolute atomic E-state index is 0.535. The number of thioether (sulfide) groups is 1. The molecule has 0 unspecified atom stereocenters. The van der Waals surface area contributed by atoms with E-state index in [9.17, 15) is 0 Å². The molecule has 0 aliphatic heterocycles. The van der Waals surface area contributed by atoms with E-state index in [4.69, 9.17) is 4.74 Å². The van der Waals surface area contributed by atoms with Crippen LogP contribution in [0.25, 0.3) is 0 Å². The molecule has 0 amide bonds. The molecule has 0 saturated heterocycles. The first kappa shape index (κ1) is 14.3.